The van der Waals surface area contributed by atoms with Crippen molar-refractivity contribution in [2.45, 2.75) is 26.2 Å². The van der Waals surface area contributed by atoms with Gasteiger partial charge in [-0.25, -0.2) is 0 Å². The van der Waals surface area contributed by atoms with E-state index in [2.05, 4.69) is 75.7 Å². The van der Waals surface area contributed by atoms with Crippen LogP contribution < -0.4 is 0 Å². The number of hydrogen-bond donors (Lipinski definition) is 0. The summed E-state index contributed by atoms with van der Waals surface area (Å²) >= 11 is 0. The molecule has 2 aromatic carbocycles. The second-order valence-electron chi connectivity index (χ2n) is 5.39. The second-order valence-corrected chi connectivity index (χ2v) is 5.39. The molecule has 0 unspecified atom stereocenters. The summed E-state index contributed by atoms with van der Waals surface area (Å²) in [4.78, 5) is 0. The van der Waals surface area contributed by atoms with E-state index in [9.17, 15) is 0 Å². The Labute approximate surface area is 104 Å². The summed E-state index contributed by atoms with van der Waals surface area (Å²) < 4.78 is 0. The van der Waals surface area contributed by atoms with Gasteiger partial charge in [-0.1, -0.05) is 75.4 Å². The molecule has 0 heterocycles. The van der Waals surface area contributed by atoms with E-state index in [-0.39, 0.29) is 5.41 Å². The van der Waals surface area contributed by atoms with E-state index in [0.717, 1.165) is 0 Å². The van der Waals surface area contributed by atoms with E-state index < -0.39 is 0 Å². The summed E-state index contributed by atoms with van der Waals surface area (Å²) in [5.74, 6) is 0. The van der Waals surface area contributed by atoms with Crippen molar-refractivity contribution >= 4 is 0 Å². The van der Waals surface area contributed by atoms with Crippen LogP contribution in [0.4, 0.5) is 0 Å². The highest BCUT2D eigenvalue weighted by atomic mass is 14.2. The predicted octanol–water partition coefficient (Wildman–Crippen LogP) is 4.58. The molecule has 0 aromatic heterocycles. The van der Waals surface area contributed by atoms with Gasteiger partial charge >= 0.3 is 0 Å². The highest BCUT2D eigenvalue weighted by molar-refractivity contribution is 5.44. The molecular formula is C17H19. The molecule has 0 spiro atoms. The molecule has 0 saturated heterocycles. The molecule has 0 nitrogen and oxygen atoms in total. The number of rotatable bonds is 2. The van der Waals surface area contributed by atoms with Crippen LogP contribution in [0.5, 0.6) is 0 Å². The molecule has 2 aromatic rings. The summed E-state index contributed by atoms with van der Waals surface area (Å²) in [6, 6.07) is 19.1. The van der Waals surface area contributed by atoms with Crippen molar-refractivity contribution in [3.8, 4) is 0 Å². The van der Waals surface area contributed by atoms with Crippen LogP contribution in [0, 0.1) is 6.42 Å². The first-order valence-corrected chi connectivity index (χ1v) is 6.07. The van der Waals surface area contributed by atoms with Gasteiger partial charge in [0.05, 0.1) is 0 Å². The Hall–Kier alpha value is -1.56. The molecule has 0 N–H and O–H groups in total. The van der Waals surface area contributed by atoms with Crippen LogP contribution in [0.1, 0.15) is 37.5 Å². The van der Waals surface area contributed by atoms with Crippen LogP contribution in [0.25, 0.3) is 0 Å². The molecular weight excluding hydrogens is 204 g/mol. The third kappa shape index (κ3) is 2.97. The fourth-order valence-corrected chi connectivity index (χ4v) is 2.03. The molecule has 17 heavy (non-hydrogen) atoms. The molecule has 1 radical (unpaired) electrons. The van der Waals surface area contributed by atoms with Crippen LogP contribution in [-0.2, 0) is 5.41 Å². The molecule has 0 bridgehead atoms. The predicted molar refractivity (Wildman–Crippen MR) is 74.1 cm³/mol. The van der Waals surface area contributed by atoms with Crippen molar-refractivity contribution in [3.05, 3.63) is 77.7 Å². The molecule has 0 aliphatic carbocycles. The summed E-state index contributed by atoms with van der Waals surface area (Å²) in [6.45, 7) is 6.76. The van der Waals surface area contributed by atoms with Crippen molar-refractivity contribution in [2.24, 2.45) is 0 Å². The Kier molecular flexibility index (Phi) is 3.33. The van der Waals surface area contributed by atoms with E-state index in [1.54, 1.807) is 0 Å². The maximum atomic E-state index is 2.25. The van der Waals surface area contributed by atoms with E-state index in [1.165, 1.54) is 16.7 Å². The van der Waals surface area contributed by atoms with E-state index >= 15 is 0 Å². The van der Waals surface area contributed by atoms with Gasteiger partial charge in [0.25, 0.3) is 0 Å². The average molecular weight is 223 g/mol. The van der Waals surface area contributed by atoms with Crippen LogP contribution in [0.2, 0.25) is 0 Å². The largest absolute Gasteiger partial charge is 0.0622 e. The zero-order chi connectivity index (χ0) is 12.3. The summed E-state index contributed by atoms with van der Waals surface area (Å²) in [6.07, 6.45) is 2.25. The smallest absolute Gasteiger partial charge is 0.0202 e. The van der Waals surface area contributed by atoms with Gasteiger partial charge in [-0.05, 0) is 22.1 Å². The first kappa shape index (κ1) is 11.9. The van der Waals surface area contributed by atoms with Crippen LogP contribution in [-0.4, -0.2) is 0 Å². The Bertz CT molecular complexity index is 475. The molecule has 0 heteroatoms. The molecule has 0 aliphatic rings. The minimum atomic E-state index is 0.182. The second kappa shape index (κ2) is 4.75. The average Bonchev–Trinajstić information content (AvgIpc) is 2.30. The van der Waals surface area contributed by atoms with Gasteiger partial charge in [0.15, 0.2) is 0 Å². The molecule has 0 amide bonds. The van der Waals surface area contributed by atoms with Crippen molar-refractivity contribution in [2.75, 3.05) is 0 Å². The summed E-state index contributed by atoms with van der Waals surface area (Å²) in [5.41, 5.74) is 4.14. The van der Waals surface area contributed by atoms with Gasteiger partial charge in [0.1, 0.15) is 0 Å². The van der Waals surface area contributed by atoms with Gasteiger partial charge in [-0.15, -0.1) is 0 Å². The third-order valence-corrected chi connectivity index (χ3v) is 2.89. The van der Waals surface area contributed by atoms with Crippen molar-refractivity contribution in [1.82, 2.24) is 0 Å². The fourth-order valence-electron chi connectivity index (χ4n) is 2.03. The van der Waals surface area contributed by atoms with Gasteiger partial charge < -0.3 is 0 Å². The highest BCUT2D eigenvalue weighted by Crippen LogP contribution is 2.28. The zero-order valence-corrected chi connectivity index (χ0v) is 10.8. The van der Waals surface area contributed by atoms with Gasteiger partial charge in [0, 0.05) is 6.42 Å². The zero-order valence-electron chi connectivity index (χ0n) is 10.8. The quantitative estimate of drug-likeness (QED) is 0.698. The lowest BCUT2D eigenvalue weighted by molar-refractivity contribution is 0.587. The minimum Gasteiger partial charge on any atom is -0.0622 e. The van der Waals surface area contributed by atoms with Gasteiger partial charge in [0.2, 0.25) is 0 Å². The fraction of sp³-hybridized carbons (Fsp3) is 0.235. The maximum Gasteiger partial charge on any atom is 0.0202 e. The van der Waals surface area contributed by atoms with Crippen molar-refractivity contribution in [1.29, 1.82) is 0 Å². The minimum absolute atomic E-state index is 0.182. The SMILES string of the molecule is CC(C)(C)c1ccccc1[CH]c1ccccc1. The third-order valence-electron chi connectivity index (χ3n) is 2.89. The van der Waals surface area contributed by atoms with E-state index in [0.29, 0.717) is 0 Å². The lowest BCUT2D eigenvalue weighted by Crippen LogP contribution is -2.13. The van der Waals surface area contributed by atoms with Crippen LogP contribution in [0.3, 0.4) is 0 Å². The normalized spacial score (nSPS) is 11.5. The number of hydrogen-bond acceptors (Lipinski definition) is 0. The monoisotopic (exact) mass is 223 g/mol. The topological polar surface area (TPSA) is 0 Å². The van der Waals surface area contributed by atoms with E-state index in [1.807, 2.05) is 6.07 Å². The van der Waals surface area contributed by atoms with Crippen molar-refractivity contribution < 1.29 is 0 Å². The summed E-state index contributed by atoms with van der Waals surface area (Å²) in [5, 5.41) is 0. The highest BCUT2D eigenvalue weighted by Gasteiger charge is 2.17. The molecule has 87 valence electrons. The molecule has 0 aliphatic heterocycles. The summed E-state index contributed by atoms with van der Waals surface area (Å²) in [7, 11) is 0. The molecule has 0 fully saturated rings. The van der Waals surface area contributed by atoms with Gasteiger partial charge in [-0.2, -0.15) is 0 Å². The molecule has 0 atom stereocenters. The van der Waals surface area contributed by atoms with Crippen LogP contribution >= 0.6 is 0 Å². The lowest BCUT2D eigenvalue weighted by Gasteiger charge is -2.22. The Morgan fingerprint density at radius 1 is 0.765 bits per heavy atom. The standard InChI is InChI=1S/C17H19/c1-17(2,3)16-12-8-7-11-15(16)13-14-9-5-4-6-10-14/h4-13H,1-3H3. The number of benzene rings is 2. The lowest BCUT2D eigenvalue weighted by atomic mass is 9.82. The Morgan fingerprint density at radius 3 is 2.00 bits per heavy atom. The first-order chi connectivity index (χ1) is 8.07. The molecule has 2 rings (SSSR count). The Balaban J connectivity index is 2.34. The van der Waals surface area contributed by atoms with Crippen molar-refractivity contribution in [3.63, 3.8) is 0 Å². The maximum absolute atomic E-state index is 2.25. The van der Waals surface area contributed by atoms with E-state index in [4.69, 9.17) is 0 Å². The Morgan fingerprint density at radius 2 is 1.35 bits per heavy atom. The van der Waals surface area contributed by atoms with Crippen LogP contribution in [0.15, 0.2) is 54.6 Å². The molecule has 0 saturated carbocycles. The van der Waals surface area contributed by atoms with Gasteiger partial charge in [-0.3, -0.25) is 0 Å². The first-order valence-electron chi connectivity index (χ1n) is 6.07.